The van der Waals surface area contributed by atoms with Crippen LogP contribution >= 0.6 is 0 Å². The Balaban J connectivity index is 2.57. The minimum Gasteiger partial charge on any atom is -0.497 e. The first-order valence-corrected chi connectivity index (χ1v) is 8.12. The summed E-state index contributed by atoms with van der Waals surface area (Å²) in [6.45, 7) is 5.86. The van der Waals surface area contributed by atoms with Gasteiger partial charge in [-0.1, -0.05) is 49.3 Å². The fourth-order valence-electron chi connectivity index (χ4n) is 2.47. The van der Waals surface area contributed by atoms with Gasteiger partial charge in [0.05, 0.1) is 19.9 Å². The van der Waals surface area contributed by atoms with Gasteiger partial charge in [0.15, 0.2) is 0 Å². The van der Waals surface area contributed by atoms with Gasteiger partial charge in [-0.05, 0) is 47.9 Å². The van der Waals surface area contributed by atoms with Crippen LogP contribution in [0.5, 0.6) is 11.5 Å². The maximum atomic E-state index is 9.19. The van der Waals surface area contributed by atoms with E-state index < -0.39 is 5.41 Å². The molecule has 2 aromatic rings. The van der Waals surface area contributed by atoms with Crippen LogP contribution < -0.4 is 9.47 Å². The Bertz CT molecular complexity index is 707. The zero-order valence-corrected chi connectivity index (χ0v) is 15.4. The highest BCUT2D eigenvalue weighted by Gasteiger charge is 2.21. The lowest BCUT2D eigenvalue weighted by molar-refractivity contribution is 0.312. The van der Waals surface area contributed by atoms with Crippen molar-refractivity contribution in [2.24, 2.45) is 10.6 Å². The van der Waals surface area contributed by atoms with Crippen molar-refractivity contribution >= 4 is 11.3 Å². The maximum absolute atomic E-state index is 9.19. The van der Waals surface area contributed by atoms with E-state index in [-0.39, 0.29) is 0 Å². The summed E-state index contributed by atoms with van der Waals surface area (Å²) in [5, 5.41) is 12.6. The van der Waals surface area contributed by atoms with Crippen LogP contribution in [0.2, 0.25) is 0 Å². The summed E-state index contributed by atoms with van der Waals surface area (Å²) in [5.74, 6) is 1.62. The van der Waals surface area contributed by atoms with Crippen molar-refractivity contribution in [3.05, 3.63) is 65.7 Å². The van der Waals surface area contributed by atoms with Gasteiger partial charge < -0.3 is 14.7 Å². The molecule has 132 valence electrons. The molecule has 0 aliphatic rings. The van der Waals surface area contributed by atoms with Gasteiger partial charge in [0, 0.05) is 5.41 Å². The molecular weight excluding hydrogens is 314 g/mol. The molecule has 2 aromatic carbocycles. The van der Waals surface area contributed by atoms with Gasteiger partial charge in [0.1, 0.15) is 11.5 Å². The number of oxime groups is 1. The Morgan fingerprint density at radius 2 is 1.28 bits per heavy atom. The predicted molar refractivity (Wildman–Crippen MR) is 102 cm³/mol. The first-order valence-electron chi connectivity index (χ1n) is 8.12. The van der Waals surface area contributed by atoms with Crippen molar-refractivity contribution in [3.8, 4) is 11.5 Å². The second-order valence-electron chi connectivity index (χ2n) is 6.42. The van der Waals surface area contributed by atoms with E-state index in [4.69, 9.17) is 9.47 Å². The largest absolute Gasteiger partial charge is 0.497 e. The predicted octanol–water partition coefficient (Wildman–Crippen LogP) is 5.01. The number of allylic oxidation sites excluding steroid dienone is 1. The van der Waals surface area contributed by atoms with Crippen LogP contribution in [0.3, 0.4) is 0 Å². The molecule has 0 radical (unpaired) electrons. The summed E-state index contributed by atoms with van der Waals surface area (Å²) >= 11 is 0. The number of nitrogens with zero attached hydrogens (tertiary/aromatic N) is 1. The molecular formula is C21H25NO3. The van der Waals surface area contributed by atoms with Crippen LogP contribution in [0.1, 0.15) is 31.9 Å². The number of hydrogen-bond donors (Lipinski definition) is 1. The van der Waals surface area contributed by atoms with Crippen LogP contribution in [0.4, 0.5) is 0 Å². The van der Waals surface area contributed by atoms with Crippen molar-refractivity contribution < 1.29 is 14.7 Å². The van der Waals surface area contributed by atoms with Crippen molar-refractivity contribution in [1.29, 1.82) is 0 Å². The minimum absolute atomic E-state index is 0.399. The SMILES string of the molecule is COc1ccc(C(=CC(C)(C)/C(C)=N\O)c2ccc(OC)cc2)cc1. The minimum atomic E-state index is -0.399. The maximum Gasteiger partial charge on any atom is 0.118 e. The Labute approximate surface area is 149 Å². The smallest absolute Gasteiger partial charge is 0.118 e. The summed E-state index contributed by atoms with van der Waals surface area (Å²) in [6.07, 6.45) is 2.12. The monoisotopic (exact) mass is 339 g/mol. The lowest BCUT2D eigenvalue weighted by Gasteiger charge is -2.22. The van der Waals surface area contributed by atoms with Crippen molar-refractivity contribution in [2.75, 3.05) is 14.2 Å². The first-order chi connectivity index (χ1) is 11.9. The molecule has 2 rings (SSSR count). The van der Waals surface area contributed by atoms with E-state index in [2.05, 4.69) is 11.2 Å². The van der Waals surface area contributed by atoms with E-state index in [0.29, 0.717) is 5.71 Å². The van der Waals surface area contributed by atoms with E-state index in [0.717, 1.165) is 28.2 Å². The van der Waals surface area contributed by atoms with Crippen LogP contribution in [0.25, 0.3) is 5.57 Å². The molecule has 0 amide bonds. The number of rotatable bonds is 6. The average Bonchev–Trinajstić information content (AvgIpc) is 2.65. The Hall–Kier alpha value is -2.75. The van der Waals surface area contributed by atoms with Crippen LogP contribution in [-0.4, -0.2) is 25.1 Å². The molecule has 0 fully saturated rings. The highest BCUT2D eigenvalue weighted by Crippen LogP contribution is 2.32. The summed E-state index contributed by atoms with van der Waals surface area (Å²) in [4.78, 5) is 0. The Morgan fingerprint density at radius 1 is 0.880 bits per heavy atom. The fourth-order valence-corrected chi connectivity index (χ4v) is 2.47. The first kappa shape index (κ1) is 18.6. The highest BCUT2D eigenvalue weighted by atomic mass is 16.5. The molecule has 0 aliphatic carbocycles. The van der Waals surface area contributed by atoms with Gasteiger partial charge >= 0.3 is 0 Å². The topological polar surface area (TPSA) is 51.0 Å². The molecule has 0 saturated heterocycles. The van der Waals surface area contributed by atoms with Gasteiger partial charge in [0.25, 0.3) is 0 Å². The van der Waals surface area contributed by atoms with Gasteiger partial charge in [-0.3, -0.25) is 0 Å². The lowest BCUT2D eigenvalue weighted by Crippen LogP contribution is -2.19. The van der Waals surface area contributed by atoms with E-state index in [1.54, 1.807) is 14.2 Å². The Morgan fingerprint density at radius 3 is 1.60 bits per heavy atom. The number of hydrogen-bond acceptors (Lipinski definition) is 4. The van der Waals surface area contributed by atoms with Crippen LogP contribution in [0.15, 0.2) is 59.8 Å². The molecule has 0 spiro atoms. The standard InChI is InChI=1S/C21H25NO3/c1-15(22-23)21(2,3)14-20(16-6-10-18(24-4)11-7-16)17-8-12-19(25-5)13-9-17/h6-14,23H,1-5H3/b22-15-. The molecule has 0 aromatic heterocycles. The summed E-state index contributed by atoms with van der Waals surface area (Å²) in [6, 6.07) is 15.8. The number of ether oxygens (including phenoxy) is 2. The third-order valence-corrected chi connectivity index (χ3v) is 4.39. The van der Waals surface area contributed by atoms with Crippen LogP contribution in [-0.2, 0) is 0 Å². The highest BCUT2D eigenvalue weighted by molar-refractivity contribution is 5.92. The third kappa shape index (κ3) is 4.41. The third-order valence-electron chi connectivity index (χ3n) is 4.39. The fraction of sp³-hybridized carbons (Fsp3) is 0.286. The molecule has 0 saturated carbocycles. The van der Waals surface area contributed by atoms with Crippen molar-refractivity contribution in [3.63, 3.8) is 0 Å². The van der Waals surface area contributed by atoms with Gasteiger partial charge in [-0.2, -0.15) is 0 Å². The van der Waals surface area contributed by atoms with E-state index in [1.807, 2.05) is 69.3 Å². The molecule has 0 bridgehead atoms. The molecule has 25 heavy (non-hydrogen) atoms. The zero-order chi connectivity index (χ0) is 18.4. The van der Waals surface area contributed by atoms with E-state index >= 15 is 0 Å². The molecule has 0 unspecified atom stereocenters. The van der Waals surface area contributed by atoms with Gasteiger partial charge in [0.2, 0.25) is 0 Å². The number of benzene rings is 2. The van der Waals surface area contributed by atoms with Crippen molar-refractivity contribution in [2.45, 2.75) is 20.8 Å². The second kappa shape index (κ2) is 7.88. The van der Waals surface area contributed by atoms with E-state index in [1.165, 1.54) is 0 Å². The van der Waals surface area contributed by atoms with E-state index in [9.17, 15) is 5.21 Å². The normalized spacial score (nSPS) is 11.8. The zero-order valence-electron chi connectivity index (χ0n) is 15.4. The number of methoxy groups -OCH3 is 2. The summed E-state index contributed by atoms with van der Waals surface area (Å²) < 4.78 is 10.5. The molecule has 0 aliphatic heterocycles. The summed E-state index contributed by atoms with van der Waals surface area (Å²) in [7, 11) is 3.30. The van der Waals surface area contributed by atoms with Crippen LogP contribution in [0, 0.1) is 5.41 Å². The Kier molecular flexibility index (Phi) is 5.86. The molecule has 4 nitrogen and oxygen atoms in total. The summed E-state index contributed by atoms with van der Waals surface area (Å²) in [5.41, 5.74) is 3.42. The quantitative estimate of drug-likeness (QED) is 0.457. The average molecular weight is 339 g/mol. The molecule has 0 heterocycles. The van der Waals surface area contributed by atoms with Gasteiger partial charge in [-0.25, -0.2) is 0 Å². The molecule has 1 N–H and O–H groups in total. The molecule has 4 heteroatoms. The van der Waals surface area contributed by atoms with Gasteiger partial charge in [-0.15, -0.1) is 0 Å². The molecule has 0 atom stereocenters. The second-order valence-corrected chi connectivity index (χ2v) is 6.42. The van der Waals surface area contributed by atoms with Crippen molar-refractivity contribution in [1.82, 2.24) is 0 Å². The lowest BCUT2D eigenvalue weighted by atomic mass is 9.83.